The molecule has 2 heteroatoms. The lowest BCUT2D eigenvalue weighted by Gasteiger charge is -2.28. The van der Waals surface area contributed by atoms with Gasteiger partial charge in [0.1, 0.15) is 5.82 Å². The van der Waals surface area contributed by atoms with Gasteiger partial charge in [0.15, 0.2) is 0 Å². The molecule has 2 rings (SSSR count). The van der Waals surface area contributed by atoms with Gasteiger partial charge in [-0.3, -0.25) is 0 Å². The molecule has 13 heavy (non-hydrogen) atoms. The number of halogens is 1. The number of nitrogens with one attached hydrogen (secondary N) is 1. The molecule has 70 valence electrons. The third kappa shape index (κ3) is 1.59. The molecular weight excluding hydrogens is 165 g/mol. The van der Waals surface area contributed by atoms with Gasteiger partial charge >= 0.3 is 0 Å². The predicted molar refractivity (Wildman–Crippen MR) is 51.1 cm³/mol. The van der Waals surface area contributed by atoms with Crippen LogP contribution in [0.3, 0.4) is 0 Å². The second kappa shape index (κ2) is 3.11. The molecule has 0 radical (unpaired) electrons. The van der Waals surface area contributed by atoms with Crippen LogP contribution in [0.2, 0.25) is 0 Å². The molecule has 0 aliphatic carbocycles. The summed E-state index contributed by atoms with van der Waals surface area (Å²) in [5, 5.41) is 3.43. The fourth-order valence-corrected chi connectivity index (χ4v) is 2.08. The van der Waals surface area contributed by atoms with Crippen molar-refractivity contribution in [2.45, 2.75) is 32.4 Å². The highest BCUT2D eigenvalue weighted by atomic mass is 19.1. The molecular formula is C11H14FN. The molecule has 1 aliphatic heterocycles. The van der Waals surface area contributed by atoms with Crippen molar-refractivity contribution in [1.29, 1.82) is 0 Å². The average molecular weight is 179 g/mol. The molecule has 1 aromatic rings. The van der Waals surface area contributed by atoms with Gasteiger partial charge in [-0.05, 0) is 43.5 Å². The maximum absolute atomic E-state index is 12.9. The van der Waals surface area contributed by atoms with Gasteiger partial charge in [0.2, 0.25) is 0 Å². The molecule has 0 saturated heterocycles. The zero-order valence-electron chi connectivity index (χ0n) is 7.97. The van der Waals surface area contributed by atoms with E-state index in [4.69, 9.17) is 0 Å². The van der Waals surface area contributed by atoms with Gasteiger partial charge in [0.05, 0.1) is 0 Å². The number of hydrogen-bond donors (Lipinski definition) is 1. The molecule has 0 spiro atoms. The second-order valence-electron chi connectivity index (χ2n) is 3.84. The lowest BCUT2D eigenvalue weighted by atomic mass is 9.91. The van der Waals surface area contributed by atoms with Gasteiger partial charge in [-0.1, -0.05) is 6.07 Å². The summed E-state index contributed by atoms with van der Waals surface area (Å²) in [6.07, 6.45) is 0.928. The Labute approximate surface area is 78.0 Å². The maximum Gasteiger partial charge on any atom is 0.123 e. The molecule has 0 saturated carbocycles. The first-order valence-corrected chi connectivity index (χ1v) is 4.71. The largest absolute Gasteiger partial charge is 0.307 e. The predicted octanol–water partition coefficient (Wildman–Crippen LogP) is 2.42. The SMILES string of the molecule is C[C@H]1Cc2cc(F)ccc2[C@@H](C)N1. The Morgan fingerprint density at radius 2 is 2.15 bits per heavy atom. The van der Waals surface area contributed by atoms with Crippen LogP contribution >= 0.6 is 0 Å². The standard InChI is InChI=1S/C11H14FN/c1-7-5-9-6-10(12)3-4-11(9)8(2)13-7/h3-4,6-8,13H,5H2,1-2H3/t7-,8+/m0/s1. The van der Waals surface area contributed by atoms with Crippen molar-refractivity contribution >= 4 is 0 Å². The Morgan fingerprint density at radius 3 is 2.92 bits per heavy atom. The minimum Gasteiger partial charge on any atom is -0.307 e. The smallest absolute Gasteiger partial charge is 0.123 e. The third-order valence-electron chi connectivity index (χ3n) is 2.63. The van der Waals surface area contributed by atoms with Crippen molar-refractivity contribution in [1.82, 2.24) is 5.32 Å². The van der Waals surface area contributed by atoms with E-state index in [0.717, 1.165) is 12.0 Å². The molecule has 1 N–H and O–H groups in total. The van der Waals surface area contributed by atoms with Gasteiger partial charge in [0, 0.05) is 12.1 Å². The highest BCUT2D eigenvalue weighted by molar-refractivity contribution is 5.33. The molecule has 0 amide bonds. The molecule has 0 aromatic heterocycles. The van der Waals surface area contributed by atoms with E-state index in [9.17, 15) is 4.39 Å². The molecule has 1 heterocycles. The van der Waals surface area contributed by atoms with Gasteiger partial charge in [-0.25, -0.2) is 4.39 Å². The first-order valence-electron chi connectivity index (χ1n) is 4.71. The number of fused-ring (bicyclic) bond motifs is 1. The molecule has 2 atom stereocenters. The Balaban J connectivity index is 2.43. The summed E-state index contributed by atoms with van der Waals surface area (Å²) in [6.45, 7) is 4.25. The number of benzene rings is 1. The van der Waals surface area contributed by atoms with Crippen molar-refractivity contribution < 1.29 is 4.39 Å². The lowest BCUT2D eigenvalue weighted by molar-refractivity contribution is 0.443. The summed E-state index contributed by atoms with van der Waals surface area (Å²) in [4.78, 5) is 0. The molecule has 1 nitrogen and oxygen atoms in total. The van der Waals surface area contributed by atoms with Crippen LogP contribution in [-0.2, 0) is 6.42 Å². The van der Waals surface area contributed by atoms with Crippen LogP contribution in [0.15, 0.2) is 18.2 Å². The van der Waals surface area contributed by atoms with Crippen molar-refractivity contribution in [3.63, 3.8) is 0 Å². The van der Waals surface area contributed by atoms with Gasteiger partial charge in [0.25, 0.3) is 0 Å². The zero-order valence-corrected chi connectivity index (χ0v) is 7.97. The summed E-state index contributed by atoms with van der Waals surface area (Å²) in [5.41, 5.74) is 2.39. The van der Waals surface area contributed by atoms with E-state index in [2.05, 4.69) is 19.2 Å². The molecule has 1 aromatic carbocycles. The Bertz CT molecular complexity index is 322. The van der Waals surface area contributed by atoms with Crippen LogP contribution in [0.5, 0.6) is 0 Å². The second-order valence-corrected chi connectivity index (χ2v) is 3.84. The summed E-state index contributed by atoms with van der Waals surface area (Å²) in [5.74, 6) is -0.125. The zero-order chi connectivity index (χ0) is 9.42. The minimum absolute atomic E-state index is 0.125. The topological polar surface area (TPSA) is 12.0 Å². The van der Waals surface area contributed by atoms with Gasteiger partial charge in [-0.15, -0.1) is 0 Å². The normalized spacial score (nSPS) is 27.0. The number of rotatable bonds is 0. The minimum atomic E-state index is -0.125. The van der Waals surface area contributed by atoms with Crippen molar-refractivity contribution in [2.75, 3.05) is 0 Å². The summed E-state index contributed by atoms with van der Waals surface area (Å²) in [7, 11) is 0. The monoisotopic (exact) mass is 179 g/mol. The van der Waals surface area contributed by atoms with Gasteiger partial charge in [-0.2, -0.15) is 0 Å². The van der Waals surface area contributed by atoms with Gasteiger partial charge < -0.3 is 5.32 Å². The fourth-order valence-electron chi connectivity index (χ4n) is 2.08. The lowest BCUT2D eigenvalue weighted by Crippen LogP contribution is -2.35. The average Bonchev–Trinajstić information content (AvgIpc) is 2.02. The van der Waals surface area contributed by atoms with E-state index in [0.29, 0.717) is 12.1 Å². The molecule has 1 aliphatic rings. The van der Waals surface area contributed by atoms with E-state index >= 15 is 0 Å². The van der Waals surface area contributed by atoms with Crippen molar-refractivity contribution in [3.05, 3.63) is 35.1 Å². The quantitative estimate of drug-likeness (QED) is 0.645. The fraction of sp³-hybridized carbons (Fsp3) is 0.455. The van der Waals surface area contributed by atoms with Crippen LogP contribution in [0.25, 0.3) is 0 Å². The van der Waals surface area contributed by atoms with Crippen LogP contribution in [0.4, 0.5) is 4.39 Å². The van der Waals surface area contributed by atoms with E-state index in [1.165, 1.54) is 11.6 Å². The van der Waals surface area contributed by atoms with Crippen LogP contribution in [0, 0.1) is 5.82 Å². The van der Waals surface area contributed by atoms with E-state index in [1.54, 1.807) is 6.07 Å². The van der Waals surface area contributed by atoms with Crippen LogP contribution in [-0.4, -0.2) is 6.04 Å². The number of hydrogen-bond acceptors (Lipinski definition) is 1. The maximum atomic E-state index is 12.9. The van der Waals surface area contributed by atoms with Crippen molar-refractivity contribution in [2.24, 2.45) is 0 Å². The summed E-state index contributed by atoms with van der Waals surface area (Å²) in [6, 6.07) is 5.87. The Morgan fingerprint density at radius 1 is 1.38 bits per heavy atom. The van der Waals surface area contributed by atoms with Crippen LogP contribution in [0.1, 0.15) is 31.0 Å². The summed E-state index contributed by atoms with van der Waals surface area (Å²) >= 11 is 0. The Hall–Kier alpha value is -0.890. The summed E-state index contributed by atoms with van der Waals surface area (Å²) < 4.78 is 12.9. The van der Waals surface area contributed by atoms with Crippen LogP contribution < -0.4 is 5.32 Å². The molecule has 0 bridgehead atoms. The molecule has 0 fully saturated rings. The van der Waals surface area contributed by atoms with E-state index in [-0.39, 0.29) is 5.82 Å². The first kappa shape index (κ1) is 8.70. The van der Waals surface area contributed by atoms with E-state index in [1.807, 2.05) is 6.07 Å². The highest BCUT2D eigenvalue weighted by Gasteiger charge is 2.20. The van der Waals surface area contributed by atoms with E-state index < -0.39 is 0 Å². The highest BCUT2D eigenvalue weighted by Crippen LogP contribution is 2.25. The van der Waals surface area contributed by atoms with Crippen molar-refractivity contribution in [3.8, 4) is 0 Å². The first-order chi connectivity index (χ1) is 6.16. The molecule has 0 unspecified atom stereocenters. The Kier molecular flexibility index (Phi) is 2.08. The third-order valence-corrected chi connectivity index (χ3v) is 2.63.